The molecule has 0 aliphatic carbocycles. The van der Waals surface area contributed by atoms with Crippen molar-refractivity contribution in [3.63, 3.8) is 0 Å². The van der Waals surface area contributed by atoms with Crippen molar-refractivity contribution >= 4 is 37.3 Å². The van der Waals surface area contributed by atoms with Crippen LogP contribution in [0.25, 0.3) is 0 Å². The third-order valence-electron chi connectivity index (χ3n) is 4.04. The molecule has 0 fully saturated rings. The number of anilines is 2. The molecule has 12 heteroatoms. The van der Waals surface area contributed by atoms with Gasteiger partial charge >= 0.3 is 0 Å². The van der Waals surface area contributed by atoms with Gasteiger partial charge in [-0.05, 0) is 66.7 Å². The van der Waals surface area contributed by atoms with Crippen LogP contribution in [0.1, 0.15) is 10.4 Å². The lowest BCUT2D eigenvalue weighted by atomic mass is 10.2. The van der Waals surface area contributed by atoms with Crippen LogP contribution in [0.5, 0.6) is 0 Å². The molecule has 0 aromatic heterocycles. The lowest BCUT2D eigenvalue weighted by molar-refractivity contribution is 0.102. The molecule has 0 unspecified atom stereocenters. The third-order valence-corrected chi connectivity index (χ3v) is 6.35. The second kappa shape index (κ2) is 8.41. The topological polar surface area (TPSA) is 135 Å². The molecular formula is C19H15F2N3O5S2. The first-order valence-corrected chi connectivity index (χ1v) is 11.5. The summed E-state index contributed by atoms with van der Waals surface area (Å²) in [5.41, 5.74) is -0.158. The van der Waals surface area contributed by atoms with Crippen LogP contribution in [0.4, 0.5) is 20.2 Å². The molecule has 0 heterocycles. The van der Waals surface area contributed by atoms with Gasteiger partial charge in [0.15, 0.2) is 0 Å². The Balaban J connectivity index is 1.77. The minimum Gasteiger partial charge on any atom is -0.319 e. The summed E-state index contributed by atoms with van der Waals surface area (Å²) in [6.45, 7) is 0. The monoisotopic (exact) mass is 467 g/mol. The Morgan fingerprint density at radius 2 is 1.39 bits per heavy atom. The van der Waals surface area contributed by atoms with Crippen LogP contribution < -0.4 is 15.2 Å². The molecule has 3 aromatic carbocycles. The van der Waals surface area contributed by atoms with Crippen LogP contribution in [0.3, 0.4) is 0 Å². The highest BCUT2D eigenvalue weighted by Gasteiger charge is 2.18. The molecule has 8 nitrogen and oxygen atoms in total. The molecule has 4 N–H and O–H groups in total. The van der Waals surface area contributed by atoms with E-state index in [0.29, 0.717) is 6.07 Å². The van der Waals surface area contributed by atoms with E-state index in [4.69, 9.17) is 5.14 Å². The van der Waals surface area contributed by atoms with E-state index in [1.807, 2.05) is 0 Å². The van der Waals surface area contributed by atoms with Crippen molar-refractivity contribution in [1.82, 2.24) is 0 Å². The largest absolute Gasteiger partial charge is 0.319 e. The summed E-state index contributed by atoms with van der Waals surface area (Å²) in [5.74, 6) is -2.26. The minimum atomic E-state index is -4.21. The average molecular weight is 467 g/mol. The molecule has 0 atom stereocenters. The van der Waals surface area contributed by atoms with E-state index in [1.165, 1.54) is 24.3 Å². The Morgan fingerprint density at radius 3 is 1.94 bits per heavy atom. The second-order valence-corrected chi connectivity index (χ2v) is 9.52. The summed E-state index contributed by atoms with van der Waals surface area (Å²) in [7, 11) is -8.15. The Morgan fingerprint density at radius 1 is 0.806 bits per heavy atom. The summed E-state index contributed by atoms with van der Waals surface area (Å²) < 4.78 is 77.0. The minimum absolute atomic E-state index is 0.0292. The predicted molar refractivity (Wildman–Crippen MR) is 109 cm³/mol. The van der Waals surface area contributed by atoms with Gasteiger partial charge in [0.25, 0.3) is 15.9 Å². The van der Waals surface area contributed by atoms with Gasteiger partial charge in [0.1, 0.15) is 11.6 Å². The fourth-order valence-electron chi connectivity index (χ4n) is 2.49. The molecule has 0 saturated heterocycles. The van der Waals surface area contributed by atoms with Gasteiger partial charge in [-0.25, -0.2) is 30.8 Å². The van der Waals surface area contributed by atoms with E-state index in [9.17, 15) is 30.4 Å². The molecule has 0 bridgehead atoms. The number of hydrogen-bond donors (Lipinski definition) is 3. The molecular weight excluding hydrogens is 452 g/mol. The van der Waals surface area contributed by atoms with Crippen molar-refractivity contribution in [1.29, 1.82) is 0 Å². The molecule has 3 aromatic rings. The van der Waals surface area contributed by atoms with Crippen molar-refractivity contribution in [2.75, 3.05) is 10.0 Å². The molecule has 0 aliphatic heterocycles. The number of nitrogens with two attached hydrogens (primary N) is 1. The summed E-state index contributed by atoms with van der Waals surface area (Å²) in [5, 5.41) is 7.25. The summed E-state index contributed by atoms with van der Waals surface area (Å²) in [6, 6.07) is 12.0. The standard InChI is InChI=1S/C19H15F2N3O5S2/c20-13-3-1-12(2-4-13)19(25)23-18-10-9-16(11-17(18)21)31(28,29)24-14-5-7-15(8-6-14)30(22,26)27/h1-11,24H,(H,23,25)(H2,22,26,27). The number of carbonyl (C=O) groups excluding carboxylic acids is 1. The van der Waals surface area contributed by atoms with Crippen molar-refractivity contribution in [2.24, 2.45) is 5.14 Å². The zero-order chi connectivity index (χ0) is 22.8. The maximum absolute atomic E-state index is 14.4. The van der Waals surface area contributed by atoms with Gasteiger partial charge in [0, 0.05) is 11.3 Å². The lowest BCUT2D eigenvalue weighted by Gasteiger charge is -2.11. The first-order chi connectivity index (χ1) is 14.5. The number of benzene rings is 3. The zero-order valence-electron chi connectivity index (χ0n) is 15.5. The molecule has 0 radical (unpaired) electrons. The summed E-state index contributed by atoms with van der Waals surface area (Å²) in [4.78, 5) is 11.5. The van der Waals surface area contributed by atoms with Gasteiger partial charge in [0.2, 0.25) is 10.0 Å². The fourth-order valence-corrected chi connectivity index (χ4v) is 4.07. The van der Waals surface area contributed by atoms with Gasteiger partial charge in [0.05, 0.1) is 15.5 Å². The summed E-state index contributed by atoms with van der Waals surface area (Å²) >= 11 is 0. The number of amides is 1. The number of sulfonamides is 2. The predicted octanol–water partition coefficient (Wildman–Crippen LogP) is 2.67. The van der Waals surface area contributed by atoms with E-state index in [2.05, 4.69) is 10.0 Å². The highest BCUT2D eigenvalue weighted by Crippen LogP contribution is 2.22. The molecule has 0 saturated carbocycles. The maximum Gasteiger partial charge on any atom is 0.261 e. The number of nitrogens with one attached hydrogen (secondary N) is 2. The third kappa shape index (κ3) is 5.42. The molecule has 162 valence electrons. The lowest BCUT2D eigenvalue weighted by Crippen LogP contribution is -2.16. The number of primary sulfonamides is 1. The molecule has 31 heavy (non-hydrogen) atoms. The SMILES string of the molecule is NS(=O)(=O)c1ccc(NS(=O)(=O)c2ccc(NC(=O)c3ccc(F)cc3)c(F)c2)cc1. The first kappa shape index (κ1) is 22.3. The highest BCUT2D eigenvalue weighted by molar-refractivity contribution is 7.92. The number of halogens is 2. The molecule has 0 spiro atoms. The Labute approximate surface area is 176 Å². The van der Waals surface area contributed by atoms with Crippen LogP contribution >= 0.6 is 0 Å². The van der Waals surface area contributed by atoms with Crippen molar-refractivity contribution < 1.29 is 30.4 Å². The van der Waals surface area contributed by atoms with Crippen LogP contribution in [0.15, 0.2) is 76.5 Å². The number of hydrogen-bond acceptors (Lipinski definition) is 5. The average Bonchev–Trinajstić information content (AvgIpc) is 2.69. The number of carbonyl (C=O) groups is 1. The Bertz CT molecular complexity index is 1340. The van der Waals surface area contributed by atoms with Crippen LogP contribution in [-0.2, 0) is 20.0 Å². The van der Waals surface area contributed by atoms with E-state index in [0.717, 1.165) is 36.4 Å². The van der Waals surface area contributed by atoms with Gasteiger partial charge in [-0.3, -0.25) is 9.52 Å². The zero-order valence-corrected chi connectivity index (χ0v) is 17.2. The van der Waals surface area contributed by atoms with Crippen LogP contribution in [0, 0.1) is 11.6 Å². The number of rotatable bonds is 6. The Hall–Kier alpha value is -3.35. The van der Waals surface area contributed by atoms with Crippen molar-refractivity contribution in [2.45, 2.75) is 9.79 Å². The normalized spacial score (nSPS) is 11.7. The van der Waals surface area contributed by atoms with Gasteiger partial charge in [-0.15, -0.1) is 0 Å². The molecule has 1 amide bonds. The highest BCUT2D eigenvalue weighted by atomic mass is 32.2. The van der Waals surface area contributed by atoms with Crippen molar-refractivity contribution in [3.05, 3.63) is 83.9 Å². The molecule has 0 aliphatic rings. The molecule has 3 rings (SSSR count). The van der Waals surface area contributed by atoms with Gasteiger partial charge in [-0.1, -0.05) is 0 Å². The van der Waals surface area contributed by atoms with E-state index in [-0.39, 0.29) is 21.8 Å². The van der Waals surface area contributed by atoms with E-state index < -0.39 is 42.5 Å². The van der Waals surface area contributed by atoms with Crippen LogP contribution in [0.2, 0.25) is 0 Å². The van der Waals surface area contributed by atoms with E-state index in [1.54, 1.807) is 0 Å². The van der Waals surface area contributed by atoms with E-state index >= 15 is 0 Å². The summed E-state index contributed by atoms with van der Waals surface area (Å²) in [6.07, 6.45) is 0. The van der Waals surface area contributed by atoms with Gasteiger partial charge < -0.3 is 5.32 Å². The maximum atomic E-state index is 14.4. The van der Waals surface area contributed by atoms with Crippen LogP contribution in [-0.4, -0.2) is 22.7 Å². The Kier molecular flexibility index (Phi) is 6.06. The van der Waals surface area contributed by atoms with Gasteiger partial charge in [-0.2, -0.15) is 0 Å². The van der Waals surface area contributed by atoms with Crippen molar-refractivity contribution in [3.8, 4) is 0 Å². The fraction of sp³-hybridized carbons (Fsp3) is 0. The smallest absolute Gasteiger partial charge is 0.261 e. The second-order valence-electron chi connectivity index (χ2n) is 6.28. The first-order valence-electron chi connectivity index (χ1n) is 8.48. The quantitative estimate of drug-likeness (QED) is 0.512.